The zero-order chi connectivity index (χ0) is 14.8. The number of benzene rings is 1. The normalized spacial score (nSPS) is 18.0. The fraction of sp³-hybridized carbons (Fsp3) is 0.267. The molecule has 1 saturated heterocycles. The molecule has 1 aromatic heterocycles. The van der Waals surface area contributed by atoms with Gasteiger partial charge in [-0.1, -0.05) is 30.3 Å². The summed E-state index contributed by atoms with van der Waals surface area (Å²) < 4.78 is 4.15. The molecule has 2 aromatic rings. The fourth-order valence-corrected chi connectivity index (χ4v) is 3.20. The average Bonchev–Trinajstić information content (AvgIpc) is 3.06. The monoisotopic (exact) mass is 300 g/mol. The Morgan fingerprint density at radius 3 is 2.86 bits per heavy atom. The summed E-state index contributed by atoms with van der Waals surface area (Å²) in [6.45, 7) is 1.86. The quantitative estimate of drug-likeness (QED) is 0.885. The van der Waals surface area contributed by atoms with Crippen molar-refractivity contribution in [2.75, 3.05) is 5.32 Å². The molecule has 0 aliphatic carbocycles. The molecule has 1 atom stereocenters. The SMILES string of the molecule is Cc1nscc1NC(=O)N1C(=N)CCC1c1ccccc1. The van der Waals surface area contributed by atoms with E-state index in [1.165, 1.54) is 11.5 Å². The number of nitrogens with zero attached hydrogens (tertiary/aromatic N) is 2. The highest BCUT2D eigenvalue weighted by Gasteiger charge is 2.34. The molecule has 3 rings (SSSR count). The Labute approximate surface area is 127 Å². The van der Waals surface area contributed by atoms with Gasteiger partial charge in [-0.05, 0) is 30.4 Å². The first kappa shape index (κ1) is 13.8. The minimum Gasteiger partial charge on any atom is -0.305 e. The van der Waals surface area contributed by atoms with Gasteiger partial charge in [-0.3, -0.25) is 10.3 Å². The molecule has 2 heterocycles. The highest BCUT2D eigenvalue weighted by molar-refractivity contribution is 7.04. The Hall–Kier alpha value is -2.21. The molecule has 0 radical (unpaired) electrons. The first-order valence-corrected chi connectivity index (χ1v) is 7.64. The van der Waals surface area contributed by atoms with E-state index < -0.39 is 0 Å². The number of hydrogen-bond acceptors (Lipinski definition) is 4. The maximum absolute atomic E-state index is 12.5. The van der Waals surface area contributed by atoms with E-state index in [1.807, 2.05) is 42.6 Å². The third-order valence-corrected chi connectivity index (χ3v) is 4.37. The summed E-state index contributed by atoms with van der Waals surface area (Å²) in [6.07, 6.45) is 1.41. The lowest BCUT2D eigenvalue weighted by Crippen LogP contribution is -2.37. The van der Waals surface area contributed by atoms with Crippen molar-refractivity contribution in [3.05, 3.63) is 47.0 Å². The van der Waals surface area contributed by atoms with Crippen LogP contribution in [0.1, 0.15) is 30.1 Å². The van der Waals surface area contributed by atoms with Crippen LogP contribution in [0, 0.1) is 12.3 Å². The van der Waals surface area contributed by atoms with Crippen LogP contribution < -0.4 is 5.32 Å². The second-order valence-electron chi connectivity index (χ2n) is 5.03. The lowest BCUT2D eigenvalue weighted by atomic mass is 10.1. The van der Waals surface area contributed by atoms with E-state index in [0.29, 0.717) is 12.3 Å². The number of amides is 2. The molecule has 1 aliphatic heterocycles. The second kappa shape index (κ2) is 5.65. The first-order valence-electron chi connectivity index (χ1n) is 6.80. The van der Waals surface area contributed by atoms with Crippen LogP contribution in [0.4, 0.5) is 10.5 Å². The topological polar surface area (TPSA) is 69.1 Å². The van der Waals surface area contributed by atoms with E-state index >= 15 is 0 Å². The van der Waals surface area contributed by atoms with Crippen molar-refractivity contribution in [3.8, 4) is 0 Å². The number of aryl methyl sites for hydroxylation is 1. The maximum atomic E-state index is 12.5. The third kappa shape index (κ3) is 2.67. The van der Waals surface area contributed by atoms with Crippen LogP contribution in [0.2, 0.25) is 0 Å². The number of carbonyl (C=O) groups is 1. The summed E-state index contributed by atoms with van der Waals surface area (Å²) in [7, 11) is 0. The van der Waals surface area contributed by atoms with Crippen molar-refractivity contribution in [2.45, 2.75) is 25.8 Å². The Bertz CT molecular complexity index is 667. The van der Waals surface area contributed by atoms with E-state index in [4.69, 9.17) is 5.41 Å². The molecule has 108 valence electrons. The Balaban J connectivity index is 1.83. The van der Waals surface area contributed by atoms with Gasteiger partial charge in [0.25, 0.3) is 0 Å². The smallest absolute Gasteiger partial charge is 0.305 e. The number of hydrogen-bond donors (Lipinski definition) is 2. The molecule has 1 fully saturated rings. The molecule has 5 nitrogen and oxygen atoms in total. The number of nitrogens with one attached hydrogen (secondary N) is 2. The number of aromatic nitrogens is 1. The Kier molecular flexibility index (Phi) is 3.70. The molecule has 21 heavy (non-hydrogen) atoms. The third-order valence-electron chi connectivity index (χ3n) is 3.65. The summed E-state index contributed by atoms with van der Waals surface area (Å²) in [5, 5.41) is 12.7. The van der Waals surface area contributed by atoms with Crippen LogP contribution in [0.25, 0.3) is 0 Å². The summed E-state index contributed by atoms with van der Waals surface area (Å²) in [5.41, 5.74) is 2.59. The number of urea groups is 1. The molecule has 0 saturated carbocycles. The Morgan fingerprint density at radius 1 is 1.43 bits per heavy atom. The van der Waals surface area contributed by atoms with Crippen molar-refractivity contribution in [1.82, 2.24) is 9.27 Å². The molecule has 6 heteroatoms. The molecular weight excluding hydrogens is 284 g/mol. The van der Waals surface area contributed by atoms with Crippen LogP contribution in [-0.2, 0) is 0 Å². The summed E-state index contributed by atoms with van der Waals surface area (Å²) in [5.74, 6) is 0.363. The predicted molar refractivity (Wildman–Crippen MR) is 83.9 cm³/mol. The minimum atomic E-state index is -0.255. The van der Waals surface area contributed by atoms with Gasteiger partial charge in [0.15, 0.2) is 0 Å². The summed E-state index contributed by atoms with van der Waals surface area (Å²) in [4.78, 5) is 14.1. The van der Waals surface area contributed by atoms with Crippen LogP contribution >= 0.6 is 11.5 Å². The standard InChI is InChI=1S/C15H16N4OS/c1-10-12(9-21-18-10)17-15(20)19-13(7-8-14(19)16)11-5-3-2-4-6-11/h2-6,9,13,16H,7-8H2,1H3,(H,17,20). The van der Waals surface area contributed by atoms with Crippen LogP contribution in [0.3, 0.4) is 0 Å². The van der Waals surface area contributed by atoms with Gasteiger partial charge in [0, 0.05) is 11.8 Å². The number of anilines is 1. The average molecular weight is 300 g/mol. The van der Waals surface area contributed by atoms with E-state index in [9.17, 15) is 4.79 Å². The minimum absolute atomic E-state index is 0.0643. The van der Waals surface area contributed by atoms with Gasteiger partial charge < -0.3 is 5.32 Å². The molecular formula is C15H16N4OS. The van der Waals surface area contributed by atoms with Gasteiger partial charge >= 0.3 is 6.03 Å². The van der Waals surface area contributed by atoms with Crippen molar-refractivity contribution in [1.29, 1.82) is 5.41 Å². The van der Waals surface area contributed by atoms with E-state index in [2.05, 4.69) is 9.69 Å². The van der Waals surface area contributed by atoms with Crippen LogP contribution in [-0.4, -0.2) is 21.1 Å². The summed E-state index contributed by atoms with van der Waals surface area (Å²) >= 11 is 1.31. The van der Waals surface area contributed by atoms with Gasteiger partial charge in [-0.15, -0.1) is 0 Å². The van der Waals surface area contributed by atoms with Gasteiger partial charge in [0.1, 0.15) is 5.84 Å². The zero-order valence-electron chi connectivity index (χ0n) is 11.7. The molecule has 1 aromatic carbocycles. The van der Waals surface area contributed by atoms with Crippen molar-refractivity contribution in [2.24, 2.45) is 0 Å². The molecule has 1 unspecified atom stereocenters. The van der Waals surface area contributed by atoms with E-state index in [1.54, 1.807) is 4.90 Å². The maximum Gasteiger partial charge on any atom is 0.327 e. The zero-order valence-corrected chi connectivity index (χ0v) is 12.5. The highest BCUT2D eigenvalue weighted by atomic mass is 32.1. The molecule has 0 bridgehead atoms. The lowest BCUT2D eigenvalue weighted by Gasteiger charge is -2.25. The number of carbonyl (C=O) groups excluding carboxylic acids is 1. The van der Waals surface area contributed by atoms with Gasteiger partial charge in [-0.2, -0.15) is 4.37 Å². The number of amidine groups is 1. The first-order chi connectivity index (χ1) is 10.2. The van der Waals surface area contributed by atoms with Crippen molar-refractivity contribution < 1.29 is 4.79 Å². The number of likely N-dealkylation sites (tertiary alicyclic amines) is 1. The highest BCUT2D eigenvalue weighted by Crippen LogP contribution is 2.33. The van der Waals surface area contributed by atoms with Gasteiger partial charge in [-0.25, -0.2) is 4.79 Å². The van der Waals surface area contributed by atoms with Crippen molar-refractivity contribution in [3.63, 3.8) is 0 Å². The molecule has 0 spiro atoms. The van der Waals surface area contributed by atoms with Gasteiger partial charge in [0.05, 0.1) is 17.4 Å². The fourth-order valence-electron chi connectivity index (χ4n) is 2.55. The van der Waals surface area contributed by atoms with E-state index in [0.717, 1.165) is 23.4 Å². The van der Waals surface area contributed by atoms with Crippen molar-refractivity contribution >= 4 is 29.1 Å². The molecule has 2 amide bonds. The van der Waals surface area contributed by atoms with Crippen LogP contribution in [0.15, 0.2) is 35.7 Å². The second-order valence-corrected chi connectivity index (χ2v) is 5.65. The Morgan fingerprint density at radius 2 is 2.19 bits per heavy atom. The van der Waals surface area contributed by atoms with Gasteiger partial charge in [0.2, 0.25) is 0 Å². The summed E-state index contributed by atoms with van der Waals surface area (Å²) in [6, 6.07) is 9.55. The lowest BCUT2D eigenvalue weighted by molar-refractivity contribution is 0.225. The molecule has 2 N–H and O–H groups in total. The molecule has 1 aliphatic rings. The largest absolute Gasteiger partial charge is 0.327 e. The predicted octanol–water partition coefficient (Wildman–Crippen LogP) is 3.80. The van der Waals surface area contributed by atoms with E-state index in [-0.39, 0.29) is 12.1 Å². The van der Waals surface area contributed by atoms with Crippen LogP contribution in [0.5, 0.6) is 0 Å². The number of rotatable bonds is 2.